The van der Waals surface area contributed by atoms with Crippen LogP contribution in [0.4, 0.5) is 5.82 Å². The molecule has 2 aromatic rings. The number of benzene rings is 1. The summed E-state index contributed by atoms with van der Waals surface area (Å²) in [5.41, 5.74) is 1.85. The maximum absolute atomic E-state index is 12.5. The summed E-state index contributed by atoms with van der Waals surface area (Å²) in [6.07, 6.45) is 6.42. The topological polar surface area (TPSA) is 49.3 Å². The van der Waals surface area contributed by atoms with E-state index in [2.05, 4.69) is 9.88 Å². The molecule has 23 heavy (non-hydrogen) atoms. The van der Waals surface area contributed by atoms with Crippen molar-refractivity contribution in [2.24, 2.45) is 5.92 Å². The summed E-state index contributed by atoms with van der Waals surface area (Å²) in [5.74, 6) is 1.56. The fraction of sp³-hybridized carbons (Fsp3) is 0.500. The molecule has 0 N–H and O–H groups in total. The van der Waals surface area contributed by atoms with Gasteiger partial charge in [0.15, 0.2) is 0 Å². The molecular weight excluding hydrogens is 288 g/mol. The Morgan fingerprint density at radius 3 is 2.43 bits per heavy atom. The van der Waals surface area contributed by atoms with Crippen LogP contribution in [-0.2, 0) is 4.79 Å². The lowest BCUT2D eigenvalue weighted by Gasteiger charge is -2.36. The molecule has 1 aromatic carbocycles. The van der Waals surface area contributed by atoms with E-state index in [1.807, 2.05) is 35.4 Å². The first kappa shape index (κ1) is 14.4. The standard InChI is InChI=1S/C18H22N4O/c23-18(14-5-1-2-6-14)22-11-9-21(10-12-22)17-13-19-15-7-3-4-8-16(15)20-17/h3-4,7-8,13-14H,1-2,5-6,9-12H2. The number of para-hydroxylation sites is 2. The third-order valence-electron chi connectivity index (χ3n) is 5.06. The van der Waals surface area contributed by atoms with E-state index < -0.39 is 0 Å². The summed E-state index contributed by atoms with van der Waals surface area (Å²) in [6, 6.07) is 7.93. The van der Waals surface area contributed by atoms with Crippen LogP contribution in [-0.4, -0.2) is 47.0 Å². The zero-order valence-electron chi connectivity index (χ0n) is 13.3. The Bertz CT molecular complexity index is 703. The van der Waals surface area contributed by atoms with Crippen LogP contribution in [0.2, 0.25) is 0 Å². The van der Waals surface area contributed by atoms with Gasteiger partial charge in [0.05, 0.1) is 17.2 Å². The van der Waals surface area contributed by atoms with Crippen LogP contribution in [0.25, 0.3) is 11.0 Å². The van der Waals surface area contributed by atoms with Crippen molar-refractivity contribution < 1.29 is 4.79 Å². The van der Waals surface area contributed by atoms with Gasteiger partial charge in [0, 0.05) is 32.1 Å². The third-order valence-corrected chi connectivity index (χ3v) is 5.06. The molecule has 1 saturated carbocycles. The first-order chi connectivity index (χ1) is 11.3. The van der Waals surface area contributed by atoms with Crippen molar-refractivity contribution in [3.05, 3.63) is 30.5 Å². The van der Waals surface area contributed by atoms with E-state index in [4.69, 9.17) is 4.98 Å². The van der Waals surface area contributed by atoms with Crippen molar-refractivity contribution in [2.75, 3.05) is 31.1 Å². The Balaban J connectivity index is 1.43. The highest BCUT2D eigenvalue weighted by Gasteiger charge is 2.29. The second-order valence-corrected chi connectivity index (χ2v) is 6.51. The van der Waals surface area contributed by atoms with Crippen LogP contribution in [0.1, 0.15) is 25.7 Å². The molecule has 120 valence electrons. The molecular formula is C18H22N4O. The summed E-state index contributed by atoms with van der Waals surface area (Å²) in [4.78, 5) is 26.0. The van der Waals surface area contributed by atoms with Gasteiger partial charge < -0.3 is 9.80 Å². The van der Waals surface area contributed by atoms with Gasteiger partial charge in [0.1, 0.15) is 5.82 Å². The van der Waals surface area contributed by atoms with Crippen LogP contribution in [0.15, 0.2) is 30.5 Å². The van der Waals surface area contributed by atoms with Gasteiger partial charge in [-0.15, -0.1) is 0 Å². The predicted molar refractivity (Wildman–Crippen MR) is 90.3 cm³/mol. The van der Waals surface area contributed by atoms with Crippen molar-refractivity contribution in [3.8, 4) is 0 Å². The van der Waals surface area contributed by atoms with Crippen molar-refractivity contribution in [3.63, 3.8) is 0 Å². The number of piperazine rings is 1. The Morgan fingerprint density at radius 1 is 1.00 bits per heavy atom. The number of carbonyl (C=O) groups is 1. The average molecular weight is 310 g/mol. The van der Waals surface area contributed by atoms with E-state index >= 15 is 0 Å². The van der Waals surface area contributed by atoms with Gasteiger partial charge in [-0.1, -0.05) is 25.0 Å². The van der Waals surface area contributed by atoms with Gasteiger partial charge >= 0.3 is 0 Å². The van der Waals surface area contributed by atoms with Gasteiger partial charge in [-0.25, -0.2) is 4.98 Å². The molecule has 5 heteroatoms. The molecule has 0 radical (unpaired) electrons. The highest BCUT2D eigenvalue weighted by Crippen LogP contribution is 2.27. The van der Waals surface area contributed by atoms with Crippen molar-refractivity contribution in [2.45, 2.75) is 25.7 Å². The highest BCUT2D eigenvalue weighted by molar-refractivity contribution is 5.79. The van der Waals surface area contributed by atoms with Crippen molar-refractivity contribution in [1.29, 1.82) is 0 Å². The lowest BCUT2D eigenvalue weighted by atomic mass is 10.1. The molecule has 0 atom stereocenters. The molecule has 0 unspecified atom stereocenters. The molecule has 1 saturated heterocycles. The summed E-state index contributed by atoms with van der Waals surface area (Å²) in [6.45, 7) is 3.27. The number of hydrogen-bond donors (Lipinski definition) is 0. The highest BCUT2D eigenvalue weighted by atomic mass is 16.2. The van der Waals surface area contributed by atoms with Gasteiger partial charge in [0.25, 0.3) is 0 Å². The quantitative estimate of drug-likeness (QED) is 0.855. The predicted octanol–water partition coefficient (Wildman–Crippen LogP) is 2.47. The van der Waals surface area contributed by atoms with Crippen LogP contribution in [0.5, 0.6) is 0 Å². The Kier molecular flexibility index (Phi) is 3.85. The van der Waals surface area contributed by atoms with Crippen LogP contribution >= 0.6 is 0 Å². The molecule has 4 rings (SSSR count). The van der Waals surface area contributed by atoms with Gasteiger partial charge in [0.2, 0.25) is 5.91 Å². The van der Waals surface area contributed by atoms with E-state index in [-0.39, 0.29) is 5.92 Å². The van der Waals surface area contributed by atoms with Crippen LogP contribution in [0.3, 0.4) is 0 Å². The average Bonchev–Trinajstić information content (AvgIpc) is 3.15. The van der Waals surface area contributed by atoms with Crippen LogP contribution < -0.4 is 4.90 Å². The summed E-state index contributed by atoms with van der Waals surface area (Å²) >= 11 is 0. The molecule has 0 bridgehead atoms. The molecule has 5 nitrogen and oxygen atoms in total. The maximum atomic E-state index is 12.5. The molecule has 2 heterocycles. The molecule has 1 amide bonds. The minimum absolute atomic E-state index is 0.280. The van der Waals surface area contributed by atoms with E-state index in [0.29, 0.717) is 5.91 Å². The second-order valence-electron chi connectivity index (χ2n) is 6.51. The number of carbonyl (C=O) groups excluding carboxylic acids is 1. The van der Waals surface area contributed by atoms with Crippen molar-refractivity contribution in [1.82, 2.24) is 14.9 Å². The van der Waals surface area contributed by atoms with Crippen LogP contribution in [0, 0.1) is 5.92 Å². The molecule has 1 aliphatic carbocycles. The maximum Gasteiger partial charge on any atom is 0.225 e. The zero-order valence-corrected chi connectivity index (χ0v) is 13.3. The molecule has 2 fully saturated rings. The Hall–Kier alpha value is -2.17. The first-order valence-corrected chi connectivity index (χ1v) is 8.57. The summed E-state index contributed by atoms with van der Waals surface area (Å²) in [7, 11) is 0. The first-order valence-electron chi connectivity index (χ1n) is 8.57. The Morgan fingerprint density at radius 2 is 1.70 bits per heavy atom. The lowest BCUT2D eigenvalue weighted by Crippen LogP contribution is -2.50. The van der Waals surface area contributed by atoms with E-state index in [9.17, 15) is 4.79 Å². The normalized spacial score (nSPS) is 19.5. The van der Waals surface area contributed by atoms with Gasteiger partial charge in [-0.05, 0) is 25.0 Å². The third kappa shape index (κ3) is 2.87. The number of rotatable bonds is 2. The van der Waals surface area contributed by atoms with Crippen molar-refractivity contribution >= 4 is 22.8 Å². The number of fused-ring (bicyclic) bond motifs is 1. The number of hydrogen-bond acceptors (Lipinski definition) is 4. The summed E-state index contributed by atoms with van der Waals surface area (Å²) in [5, 5.41) is 0. The van der Waals surface area contributed by atoms with E-state index in [1.54, 1.807) is 0 Å². The van der Waals surface area contributed by atoms with E-state index in [1.165, 1.54) is 12.8 Å². The Labute approximate surface area is 136 Å². The molecule has 0 spiro atoms. The number of aromatic nitrogens is 2. The lowest BCUT2D eigenvalue weighted by molar-refractivity contribution is -0.135. The zero-order chi connectivity index (χ0) is 15.6. The smallest absolute Gasteiger partial charge is 0.225 e. The number of amides is 1. The largest absolute Gasteiger partial charge is 0.352 e. The number of anilines is 1. The minimum atomic E-state index is 0.280. The molecule has 1 aliphatic heterocycles. The monoisotopic (exact) mass is 310 g/mol. The second kappa shape index (κ2) is 6.14. The minimum Gasteiger partial charge on any atom is -0.352 e. The molecule has 2 aliphatic rings. The fourth-order valence-corrected chi connectivity index (χ4v) is 3.69. The summed E-state index contributed by atoms with van der Waals surface area (Å²) < 4.78 is 0. The molecule has 1 aromatic heterocycles. The van der Waals surface area contributed by atoms with E-state index in [0.717, 1.165) is 55.9 Å². The van der Waals surface area contributed by atoms with Gasteiger partial charge in [-0.2, -0.15) is 0 Å². The fourth-order valence-electron chi connectivity index (χ4n) is 3.69. The number of nitrogens with zero attached hydrogens (tertiary/aromatic N) is 4. The SMILES string of the molecule is O=C(C1CCCC1)N1CCN(c2cnc3ccccc3n2)CC1. The van der Waals surface area contributed by atoms with Gasteiger partial charge in [-0.3, -0.25) is 9.78 Å².